The number of hydrogen-bond donors (Lipinski definition) is 1. The highest BCUT2D eigenvalue weighted by Gasteiger charge is 2.20. The van der Waals surface area contributed by atoms with Crippen molar-refractivity contribution >= 4 is 17.4 Å². The molecule has 3 nitrogen and oxygen atoms in total. The normalized spacial score (nSPS) is 19.4. The molecule has 1 unspecified atom stereocenters. The monoisotopic (exact) mass is 265 g/mol. The van der Waals surface area contributed by atoms with Crippen LogP contribution in [0.25, 0.3) is 0 Å². The van der Waals surface area contributed by atoms with Crippen molar-refractivity contribution in [3.8, 4) is 0 Å². The van der Waals surface area contributed by atoms with E-state index in [1.165, 1.54) is 23.6 Å². The van der Waals surface area contributed by atoms with E-state index in [-0.39, 0.29) is 0 Å². The minimum absolute atomic E-state index is 0.499. The van der Waals surface area contributed by atoms with Gasteiger partial charge < -0.3 is 10.2 Å². The van der Waals surface area contributed by atoms with Crippen LogP contribution in [-0.4, -0.2) is 35.6 Å². The van der Waals surface area contributed by atoms with Gasteiger partial charge in [-0.05, 0) is 24.3 Å². The number of hydrogen-bond acceptors (Lipinski definition) is 4. The summed E-state index contributed by atoms with van der Waals surface area (Å²) in [5.74, 6) is 2.54. The largest absolute Gasteiger partial charge is 0.371 e. The van der Waals surface area contributed by atoms with E-state index in [9.17, 15) is 0 Å². The van der Waals surface area contributed by atoms with E-state index >= 15 is 0 Å². The molecule has 0 aromatic carbocycles. The van der Waals surface area contributed by atoms with Crippen molar-refractivity contribution in [1.29, 1.82) is 0 Å². The van der Waals surface area contributed by atoms with E-state index < -0.39 is 0 Å². The first-order valence-corrected chi connectivity index (χ1v) is 7.81. The smallest absolute Gasteiger partial charge is 0.0562 e. The van der Waals surface area contributed by atoms with Gasteiger partial charge in [0.05, 0.1) is 5.69 Å². The molecule has 0 saturated carbocycles. The van der Waals surface area contributed by atoms with E-state index in [0.29, 0.717) is 12.1 Å². The Hall–Kier alpha value is -0.740. The van der Waals surface area contributed by atoms with Gasteiger partial charge in [0.1, 0.15) is 0 Å². The molecule has 1 aliphatic rings. The molecule has 0 radical (unpaired) electrons. The quantitative estimate of drug-likeness (QED) is 0.885. The summed E-state index contributed by atoms with van der Waals surface area (Å²) >= 11 is 2.05. The molecule has 0 amide bonds. The summed E-state index contributed by atoms with van der Waals surface area (Å²) in [6.45, 7) is 5.16. The zero-order valence-electron chi connectivity index (χ0n) is 11.5. The number of nitrogens with one attached hydrogen (secondary N) is 1. The Kier molecular flexibility index (Phi) is 4.89. The van der Waals surface area contributed by atoms with Gasteiger partial charge in [0.2, 0.25) is 0 Å². The summed E-state index contributed by atoms with van der Waals surface area (Å²) in [6.07, 6.45) is 3.22. The third-order valence-electron chi connectivity index (χ3n) is 3.35. The molecule has 1 aromatic heterocycles. The van der Waals surface area contributed by atoms with Crippen LogP contribution in [0.4, 0.5) is 5.69 Å². The van der Waals surface area contributed by atoms with Crippen molar-refractivity contribution in [3.05, 3.63) is 24.0 Å². The summed E-state index contributed by atoms with van der Waals surface area (Å²) in [5, 5.41) is 3.41. The van der Waals surface area contributed by atoms with Crippen molar-refractivity contribution < 1.29 is 0 Å². The second-order valence-electron chi connectivity index (χ2n) is 5.17. The molecule has 1 aromatic rings. The van der Waals surface area contributed by atoms with Crippen molar-refractivity contribution in [2.24, 2.45) is 0 Å². The maximum atomic E-state index is 4.43. The average molecular weight is 265 g/mol. The molecule has 2 rings (SSSR count). The molecular formula is C14H23N3S. The second-order valence-corrected chi connectivity index (χ2v) is 6.32. The number of rotatable bonds is 5. The Morgan fingerprint density at radius 2 is 2.39 bits per heavy atom. The molecule has 1 aliphatic heterocycles. The maximum Gasteiger partial charge on any atom is 0.0562 e. The van der Waals surface area contributed by atoms with Gasteiger partial charge in [-0.25, -0.2) is 0 Å². The minimum Gasteiger partial charge on any atom is -0.371 e. The van der Waals surface area contributed by atoms with Gasteiger partial charge in [-0.3, -0.25) is 4.98 Å². The number of anilines is 1. The molecular weight excluding hydrogens is 242 g/mol. The van der Waals surface area contributed by atoms with Gasteiger partial charge in [0.15, 0.2) is 0 Å². The number of thioether (sulfide) groups is 1. The van der Waals surface area contributed by atoms with Crippen molar-refractivity contribution in [1.82, 2.24) is 10.3 Å². The molecule has 0 aliphatic carbocycles. The van der Waals surface area contributed by atoms with Crippen LogP contribution in [0.2, 0.25) is 0 Å². The van der Waals surface area contributed by atoms with Crippen LogP contribution in [0.5, 0.6) is 0 Å². The Morgan fingerprint density at radius 1 is 1.56 bits per heavy atom. The van der Waals surface area contributed by atoms with Crippen LogP contribution in [-0.2, 0) is 6.54 Å². The lowest BCUT2D eigenvalue weighted by molar-refractivity contribution is 0.581. The predicted molar refractivity (Wildman–Crippen MR) is 80.3 cm³/mol. The highest BCUT2D eigenvalue weighted by molar-refractivity contribution is 7.99. The SMILES string of the molecule is CC(C)NCc1cc(N(C)C2CCSC2)ccn1. The number of pyridine rings is 1. The van der Waals surface area contributed by atoms with Crippen LogP contribution < -0.4 is 10.2 Å². The van der Waals surface area contributed by atoms with Crippen LogP contribution in [0.15, 0.2) is 18.3 Å². The van der Waals surface area contributed by atoms with Crippen LogP contribution >= 0.6 is 11.8 Å². The zero-order valence-corrected chi connectivity index (χ0v) is 12.3. The van der Waals surface area contributed by atoms with Crippen molar-refractivity contribution in [2.45, 2.75) is 38.9 Å². The van der Waals surface area contributed by atoms with Crippen LogP contribution in [0, 0.1) is 0 Å². The van der Waals surface area contributed by atoms with Gasteiger partial charge in [0.25, 0.3) is 0 Å². The first-order valence-electron chi connectivity index (χ1n) is 6.65. The van der Waals surface area contributed by atoms with Crippen LogP contribution in [0.3, 0.4) is 0 Å². The van der Waals surface area contributed by atoms with Crippen molar-refractivity contribution in [2.75, 3.05) is 23.5 Å². The van der Waals surface area contributed by atoms with E-state index in [1.54, 1.807) is 0 Å². The molecule has 4 heteroatoms. The molecule has 2 heterocycles. The van der Waals surface area contributed by atoms with E-state index in [4.69, 9.17) is 0 Å². The Labute approximate surface area is 114 Å². The summed E-state index contributed by atoms with van der Waals surface area (Å²) in [6, 6.07) is 5.50. The lowest BCUT2D eigenvalue weighted by atomic mass is 10.2. The molecule has 1 fully saturated rings. The molecule has 1 atom stereocenters. The molecule has 18 heavy (non-hydrogen) atoms. The van der Waals surface area contributed by atoms with Gasteiger partial charge in [-0.15, -0.1) is 0 Å². The fraction of sp³-hybridized carbons (Fsp3) is 0.643. The average Bonchev–Trinajstić information content (AvgIpc) is 2.89. The van der Waals surface area contributed by atoms with Crippen LogP contribution in [0.1, 0.15) is 26.0 Å². The van der Waals surface area contributed by atoms with Gasteiger partial charge in [0, 0.05) is 43.3 Å². The first kappa shape index (κ1) is 13.7. The summed E-state index contributed by atoms with van der Waals surface area (Å²) in [5.41, 5.74) is 2.41. The summed E-state index contributed by atoms with van der Waals surface area (Å²) in [7, 11) is 2.20. The zero-order chi connectivity index (χ0) is 13.0. The fourth-order valence-corrected chi connectivity index (χ4v) is 3.40. The Bertz CT molecular complexity index is 375. The molecule has 1 N–H and O–H groups in total. The van der Waals surface area contributed by atoms with E-state index in [1.807, 2.05) is 6.20 Å². The molecule has 0 bridgehead atoms. The third-order valence-corrected chi connectivity index (χ3v) is 4.50. The first-order chi connectivity index (χ1) is 8.66. The predicted octanol–water partition coefficient (Wildman–Crippen LogP) is 2.52. The maximum absolute atomic E-state index is 4.43. The third kappa shape index (κ3) is 3.62. The number of nitrogens with zero attached hydrogens (tertiary/aromatic N) is 2. The molecule has 100 valence electrons. The lowest BCUT2D eigenvalue weighted by Crippen LogP contribution is -2.31. The fourth-order valence-electron chi connectivity index (χ4n) is 2.13. The van der Waals surface area contributed by atoms with Gasteiger partial charge in [-0.2, -0.15) is 11.8 Å². The van der Waals surface area contributed by atoms with Gasteiger partial charge in [-0.1, -0.05) is 13.8 Å². The lowest BCUT2D eigenvalue weighted by Gasteiger charge is -2.26. The van der Waals surface area contributed by atoms with E-state index in [0.717, 1.165) is 12.2 Å². The number of aromatic nitrogens is 1. The highest BCUT2D eigenvalue weighted by Crippen LogP contribution is 2.25. The Morgan fingerprint density at radius 3 is 3.06 bits per heavy atom. The standard InChI is InChI=1S/C14H23N3S/c1-11(2)16-9-12-8-13(4-6-15-12)17(3)14-5-7-18-10-14/h4,6,8,11,14,16H,5,7,9-10H2,1-3H3. The summed E-state index contributed by atoms with van der Waals surface area (Å²) in [4.78, 5) is 6.83. The highest BCUT2D eigenvalue weighted by atomic mass is 32.2. The van der Waals surface area contributed by atoms with Crippen molar-refractivity contribution in [3.63, 3.8) is 0 Å². The molecule has 0 spiro atoms. The van der Waals surface area contributed by atoms with Gasteiger partial charge >= 0.3 is 0 Å². The van der Waals surface area contributed by atoms with E-state index in [2.05, 4.69) is 60.0 Å². The topological polar surface area (TPSA) is 28.2 Å². The molecule has 1 saturated heterocycles. The minimum atomic E-state index is 0.499. The second kappa shape index (κ2) is 6.43. The Balaban J connectivity index is 2.01. The summed E-state index contributed by atoms with van der Waals surface area (Å²) < 4.78 is 0.